The summed E-state index contributed by atoms with van der Waals surface area (Å²) in [7, 11) is 0. The fourth-order valence-corrected chi connectivity index (χ4v) is 5.55. The van der Waals surface area contributed by atoms with Crippen LogP contribution in [-0.4, -0.2) is 30.0 Å². The molecule has 1 amide bonds. The van der Waals surface area contributed by atoms with Gasteiger partial charge in [-0.05, 0) is 41.6 Å². The van der Waals surface area contributed by atoms with Gasteiger partial charge < -0.3 is 9.64 Å². The Kier molecular flexibility index (Phi) is 5.08. The molecule has 0 saturated carbocycles. The Balaban J connectivity index is 1.31. The number of carbonyl (C=O) groups is 2. The summed E-state index contributed by atoms with van der Waals surface area (Å²) < 4.78 is 6.62. The second-order valence-corrected chi connectivity index (χ2v) is 9.23. The van der Waals surface area contributed by atoms with E-state index in [2.05, 4.69) is 0 Å². The normalized spacial score (nSPS) is 12.8. The molecule has 5 nitrogen and oxygen atoms in total. The predicted molar refractivity (Wildman–Crippen MR) is 135 cm³/mol. The predicted octanol–water partition coefficient (Wildman–Crippen LogP) is 5.86. The lowest BCUT2D eigenvalue weighted by molar-refractivity contribution is -0.121. The van der Waals surface area contributed by atoms with Crippen molar-refractivity contribution in [3.05, 3.63) is 96.1 Å². The lowest BCUT2D eigenvalue weighted by atomic mass is 9.99. The highest BCUT2D eigenvalue weighted by Crippen LogP contribution is 2.36. The first kappa shape index (κ1) is 20.6. The van der Waals surface area contributed by atoms with E-state index >= 15 is 0 Å². The zero-order chi connectivity index (χ0) is 23.1. The number of ether oxygens (including phenoxy) is 1. The fraction of sp³-hybridized carbons (Fsp3) is 0.107. The lowest BCUT2D eigenvalue weighted by Gasteiger charge is -2.17. The molecule has 2 heterocycles. The molecule has 0 spiro atoms. The second-order valence-electron chi connectivity index (χ2n) is 8.20. The summed E-state index contributed by atoms with van der Waals surface area (Å²) in [6, 6.07) is 27.3. The summed E-state index contributed by atoms with van der Waals surface area (Å²) >= 11 is 1.59. The number of fused-ring (bicyclic) bond motifs is 3. The van der Waals surface area contributed by atoms with Crippen LogP contribution in [0.25, 0.3) is 31.6 Å². The number of hydrogen-bond acceptors (Lipinski definition) is 5. The van der Waals surface area contributed by atoms with E-state index in [0.29, 0.717) is 12.1 Å². The van der Waals surface area contributed by atoms with E-state index in [1.165, 1.54) is 0 Å². The third kappa shape index (κ3) is 3.53. The van der Waals surface area contributed by atoms with E-state index in [-0.39, 0.29) is 12.5 Å². The number of carbonyl (C=O) groups excluding carboxylic acids is 2. The van der Waals surface area contributed by atoms with Crippen LogP contribution >= 0.6 is 11.3 Å². The highest BCUT2D eigenvalue weighted by atomic mass is 32.1. The SMILES string of the molecule is O=C(OCC(=O)N1CCc2ccccc21)c1cccc2cccc(-c3nc4ccccc4s3)c12. The number of nitrogens with zero attached hydrogens (tertiary/aromatic N) is 2. The first-order chi connectivity index (χ1) is 16.7. The zero-order valence-corrected chi connectivity index (χ0v) is 19.0. The van der Waals surface area contributed by atoms with Crippen LogP contribution in [0.4, 0.5) is 5.69 Å². The quantitative estimate of drug-likeness (QED) is 0.313. The minimum atomic E-state index is -0.514. The van der Waals surface area contributed by atoms with Crippen molar-refractivity contribution in [2.24, 2.45) is 0 Å². The Morgan fingerprint density at radius 1 is 0.912 bits per heavy atom. The molecule has 1 aliphatic rings. The molecule has 6 heteroatoms. The van der Waals surface area contributed by atoms with Gasteiger partial charge in [-0.25, -0.2) is 9.78 Å². The van der Waals surface area contributed by atoms with Crippen LogP contribution in [0.15, 0.2) is 84.9 Å². The largest absolute Gasteiger partial charge is 0.452 e. The number of hydrogen-bond donors (Lipinski definition) is 0. The molecule has 0 atom stereocenters. The van der Waals surface area contributed by atoms with Crippen LogP contribution in [0.1, 0.15) is 15.9 Å². The van der Waals surface area contributed by atoms with Gasteiger partial charge >= 0.3 is 5.97 Å². The zero-order valence-electron chi connectivity index (χ0n) is 18.2. The number of para-hydroxylation sites is 2. The molecule has 166 valence electrons. The number of esters is 1. The molecule has 0 bridgehead atoms. The molecular weight excluding hydrogens is 444 g/mol. The van der Waals surface area contributed by atoms with Crippen LogP contribution < -0.4 is 4.90 Å². The average molecular weight is 465 g/mol. The summed E-state index contributed by atoms with van der Waals surface area (Å²) in [6.45, 7) is 0.304. The van der Waals surface area contributed by atoms with Gasteiger partial charge in [0.2, 0.25) is 0 Å². The molecule has 5 aromatic rings. The molecule has 0 unspecified atom stereocenters. The van der Waals surface area contributed by atoms with E-state index in [1.807, 2.05) is 78.9 Å². The van der Waals surface area contributed by atoms with Crippen LogP contribution in [0.3, 0.4) is 0 Å². The molecule has 0 fully saturated rings. The number of amides is 1. The van der Waals surface area contributed by atoms with Crippen molar-refractivity contribution in [3.8, 4) is 10.6 Å². The summed E-state index contributed by atoms with van der Waals surface area (Å²) in [5, 5.41) is 2.55. The minimum Gasteiger partial charge on any atom is -0.452 e. The monoisotopic (exact) mass is 464 g/mol. The third-order valence-electron chi connectivity index (χ3n) is 6.16. The van der Waals surface area contributed by atoms with Gasteiger partial charge in [0.25, 0.3) is 5.91 Å². The first-order valence-corrected chi connectivity index (χ1v) is 11.9. The molecule has 0 radical (unpaired) electrons. The van der Waals surface area contributed by atoms with Gasteiger partial charge in [-0.1, -0.05) is 60.7 Å². The average Bonchev–Trinajstić information content (AvgIpc) is 3.51. The van der Waals surface area contributed by atoms with Crippen LogP contribution in [0.5, 0.6) is 0 Å². The topological polar surface area (TPSA) is 59.5 Å². The van der Waals surface area contributed by atoms with E-state index in [0.717, 1.165) is 49.2 Å². The Morgan fingerprint density at radius 3 is 2.59 bits per heavy atom. The summed E-state index contributed by atoms with van der Waals surface area (Å²) in [6.07, 6.45) is 0.810. The van der Waals surface area contributed by atoms with Gasteiger partial charge in [-0.2, -0.15) is 0 Å². The molecule has 0 N–H and O–H groups in total. The summed E-state index contributed by atoms with van der Waals surface area (Å²) in [5.74, 6) is -0.732. The molecule has 34 heavy (non-hydrogen) atoms. The van der Waals surface area contributed by atoms with E-state index in [4.69, 9.17) is 9.72 Å². The van der Waals surface area contributed by atoms with Crippen molar-refractivity contribution in [2.45, 2.75) is 6.42 Å². The van der Waals surface area contributed by atoms with Gasteiger partial charge in [0.15, 0.2) is 6.61 Å². The van der Waals surface area contributed by atoms with Crippen molar-refractivity contribution in [3.63, 3.8) is 0 Å². The van der Waals surface area contributed by atoms with Gasteiger partial charge in [-0.3, -0.25) is 4.79 Å². The van der Waals surface area contributed by atoms with Gasteiger partial charge in [0.1, 0.15) is 5.01 Å². The van der Waals surface area contributed by atoms with Gasteiger partial charge in [-0.15, -0.1) is 11.3 Å². The molecule has 1 aromatic heterocycles. The Morgan fingerprint density at radius 2 is 1.71 bits per heavy atom. The maximum absolute atomic E-state index is 13.2. The number of anilines is 1. The Hall–Kier alpha value is -4.03. The fourth-order valence-electron chi connectivity index (χ4n) is 4.56. The molecule has 1 aliphatic heterocycles. The molecule has 6 rings (SSSR count). The minimum absolute atomic E-state index is 0.218. The maximum atomic E-state index is 13.2. The highest BCUT2D eigenvalue weighted by Gasteiger charge is 2.25. The molecule has 4 aromatic carbocycles. The first-order valence-electron chi connectivity index (χ1n) is 11.1. The van der Waals surface area contributed by atoms with Crippen molar-refractivity contribution in [2.75, 3.05) is 18.1 Å². The summed E-state index contributed by atoms with van der Waals surface area (Å²) in [4.78, 5) is 32.5. The number of benzene rings is 4. The standard InChI is InChI=1S/C28H20N2O3S/c31-25(30-16-15-18-7-1-3-13-23(18)30)17-33-28(32)21-11-6-9-19-8-5-10-20(26(19)21)27-29-22-12-2-4-14-24(22)34-27/h1-14H,15-17H2. The van der Waals surface area contributed by atoms with Crippen molar-refractivity contribution in [1.82, 2.24) is 4.98 Å². The van der Waals surface area contributed by atoms with Crippen molar-refractivity contribution >= 4 is 49.9 Å². The summed E-state index contributed by atoms with van der Waals surface area (Å²) in [5.41, 5.74) is 4.27. The number of thiazole rings is 1. The smallest absolute Gasteiger partial charge is 0.339 e. The molecule has 0 aliphatic carbocycles. The Labute approximate surface area is 200 Å². The maximum Gasteiger partial charge on any atom is 0.339 e. The van der Waals surface area contributed by atoms with Crippen LogP contribution in [-0.2, 0) is 16.0 Å². The number of aromatic nitrogens is 1. The van der Waals surface area contributed by atoms with Gasteiger partial charge in [0, 0.05) is 23.2 Å². The van der Waals surface area contributed by atoms with Crippen LogP contribution in [0.2, 0.25) is 0 Å². The lowest BCUT2D eigenvalue weighted by Crippen LogP contribution is -2.33. The Bertz CT molecular complexity index is 1530. The van der Waals surface area contributed by atoms with E-state index < -0.39 is 5.97 Å². The van der Waals surface area contributed by atoms with Crippen molar-refractivity contribution in [1.29, 1.82) is 0 Å². The van der Waals surface area contributed by atoms with Gasteiger partial charge in [0.05, 0.1) is 15.8 Å². The van der Waals surface area contributed by atoms with Crippen molar-refractivity contribution < 1.29 is 14.3 Å². The van der Waals surface area contributed by atoms with E-state index in [1.54, 1.807) is 22.3 Å². The van der Waals surface area contributed by atoms with E-state index in [9.17, 15) is 9.59 Å². The third-order valence-corrected chi connectivity index (χ3v) is 7.23. The second kappa shape index (κ2) is 8.39. The highest BCUT2D eigenvalue weighted by molar-refractivity contribution is 7.21. The van der Waals surface area contributed by atoms with Crippen LogP contribution in [0, 0.1) is 0 Å². The number of rotatable bonds is 4. The molecular formula is C28H20N2O3S. The molecule has 0 saturated heterocycles.